The van der Waals surface area contributed by atoms with E-state index in [9.17, 15) is 13.2 Å². The van der Waals surface area contributed by atoms with Crippen molar-refractivity contribution >= 4 is 28.5 Å². The molecule has 2 fully saturated rings. The van der Waals surface area contributed by atoms with E-state index in [1.54, 1.807) is 4.90 Å². The summed E-state index contributed by atoms with van der Waals surface area (Å²) >= 11 is 0. The topological polar surface area (TPSA) is 73.0 Å². The van der Waals surface area contributed by atoms with Gasteiger partial charge in [0.15, 0.2) is 0 Å². The Bertz CT molecular complexity index is 419. The molecular weight excluding hydrogens is 304 g/mol. The Morgan fingerprint density at radius 2 is 1.70 bits per heavy atom. The molecule has 2 heterocycles. The van der Waals surface area contributed by atoms with Crippen LogP contribution in [0.1, 0.15) is 12.8 Å². The highest BCUT2D eigenvalue weighted by Gasteiger charge is 2.31. The first kappa shape index (κ1) is 17.6. The van der Waals surface area contributed by atoms with Gasteiger partial charge >= 0.3 is 0 Å². The van der Waals surface area contributed by atoms with Crippen molar-refractivity contribution in [1.29, 1.82) is 0 Å². The van der Waals surface area contributed by atoms with Crippen LogP contribution in [0.3, 0.4) is 0 Å². The van der Waals surface area contributed by atoms with Gasteiger partial charge in [0.05, 0.1) is 6.54 Å². The monoisotopic (exact) mass is 326 g/mol. The molecular formula is C11H23ClN4O3S. The summed E-state index contributed by atoms with van der Waals surface area (Å²) in [5, 5.41) is 3.16. The number of rotatable bonds is 4. The fourth-order valence-electron chi connectivity index (χ4n) is 2.40. The van der Waals surface area contributed by atoms with Gasteiger partial charge < -0.3 is 10.2 Å². The minimum Gasteiger partial charge on any atom is -0.339 e. The van der Waals surface area contributed by atoms with Crippen LogP contribution in [0.4, 0.5) is 0 Å². The van der Waals surface area contributed by atoms with E-state index < -0.39 is 10.2 Å². The number of amides is 1. The van der Waals surface area contributed by atoms with Gasteiger partial charge in [-0.3, -0.25) is 4.79 Å². The number of carbonyl (C=O) groups excluding carboxylic acids is 1. The molecule has 0 bridgehead atoms. The Morgan fingerprint density at radius 3 is 2.25 bits per heavy atom. The van der Waals surface area contributed by atoms with Gasteiger partial charge in [-0.25, -0.2) is 0 Å². The standard InChI is InChI=1S/C11H22N4O3S.ClH/c1-13(19(17,18)15-6-2-3-7-15)10-11(16)14-8-4-12-5-9-14;/h12H,2-10H2,1H3;1H. The van der Waals surface area contributed by atoms with Crippen LogP contribution in [0.25, 0.3) is 0 Å². The number of likely N-dealkylation sites (N-methyl/N-ethyl adjacent to an activating group) is 1. The Kier molecular flexibility index (Phi) is 6.67. The second-order valence-corrected chi connectivity index (χ2v) is 7.04. The van der Waals surface area contributed by atoms with Crippen molar-refractivity contribution < 1.29 is 13.2 Å². The maximum absolute atomic E-state index is 12.2. The molecule has 1 N–H and O–H groups in total. The van der Waals surface area contributed by atoms with E-state index in [1.165, 1.54) is 15.7 Å². The molecule has 0 unspecified atom stereocenters. The van der Waals surface area contributed by atoms with Crippen LogP contribution in [0.5, 0.6) is 0 Å². The molecule has 0 spiro atoms. The van der Waals surface area contributed by atoms with E-state index in [4.69, 9.17) is 0 Å². The third-order valence-electron chi connectivity index (χ3n) is 3.61. The average molecular weight is 327 g/mol. The van der Waals surface area contributed by atoms with Crippen LogP contribution < -0.4 is 5.32 Å². The van der Waals surface area contributed by atoms with Crippen LogP contribution in [-0.4, -0.2) is 80.7 Å². The summed E-state index contributed by atoms with van der Waals surface area (Å²) in [7, 11) is -1.99. The third kappa shape index (κ3) is 4.05. The van der Waals surface area contributed by atoms with Crippen LogP contribution in [0, 0.1) is 0 Å². The van der Waals surface area contributed by atoms with E-state index in [0.29, 0.717) is 26.2 Å². The molecule has 0 aromatic heterocycles. The van der Waals surface area contributed by atoms with Gasteiger partial charge in [-0.05, 0) is 12.8 Å². The van der Waals surface area contributed by atoms with Crippen molar-refractivity contribution in [3.63, 3.8) is 0 Å². The fraction of sp³-hybridized carbons (Fsp3) is 0.909. The summed E-state index contributed by atoms with van der Waals surface area (Å²) in [6.45, 7) is 3.90. The quantitative estimate of drug-likeness (QED) is 0.727. The lowest BCUT2D eigenvalue weighted by atomic mass is 10.3. The molecule has 2 aliphatic rings. The molecule has 2 rings (SSSR count). The maximum atomic E-state index is 12.2. The number of hydrogen-bond acceptors (Lipinski definition) is 4. The van der Waals surface area contributed by atoms with Crippen LogP contribution in [0.15, 0.2) is 0 Å². The number of nitrogens with one attached hydrogen (secondary N) is 1. The minimum atomic E-state index is -3.47. The lowest BCUT2D eigenvalue weighted by Crippen LogP contribution is -2.51. The van der Waals surface area contributed by atoms with Gasteiger partial charge in [0.25, 0.3) is 10.2 Å². The summed E-state index contributed by atoms with van der Waals surface area (Å²) in [4.78, 5) is 13.8. The summed E-state index contributed by atoms with van der Waals surface area (Å²) < 4.78 is 27.1. The van der Waals surface area contributed by atoms with Crippen molar-refractivity contribution in [2.24, 2.45) is 0 Å². The molecule has 0 radical (unpaired) electrons. The highest BCUT2D eigenvalue weighted by molar-refractivity contribution is 7.86. The van der Waals surface area contributed by atoms with Gasteiger partial charge in [-0.1, -0.05) is 0 Å². The largest absolute Gasteiger partial charge is 0.339 e. The highest BCUT2D eigenvalue weighted by atomic mass is 35.5. The normalized spacial score (nSPS) is 21.0. The molecule has 7 nitrogen and oxygen atoms in total. The minimum absolute atomic E-state index is 0. The first-order chi connectivity index (χ1) is 9.01. The molecule has 0 aliphatic carbocycles. The Balaban J connectivity index is 0.00000200. The first-order valence-electron chi connectivity index (χ1n) is 6.72. The van der Waals surface area contributed by atoms with E-state index in [2.05, 4.69) is 5.32 Å². The average Bonchev–Trinajstić information content (AvgIpc) is 2.94. The van der Waals surface area contributed by atoms with E-state index in [1.807, 2.05) is 0 Å². The SMILES string of the molecule is CN(CC(=O)N1CCNCC1)S(=O)(=O)N1CCCC1.Cl. The smallest absolute Gasteiger partial charge is 0.282 e. The molecule has 0 aromatic rings. The molecule has 9 heteroatoms. The highest BCUT2D eigenvalue weighted by Crippen LogP contribution is 2.15. The number of piperazine rings is 1. The van der Waals surface area contributed by atoms with Crippen LogP contribution >= 0.6 is 12.4 Å². The molecule has 1 amide bonds. The van der Waals surface area contributed by atoms with Crippen molar-refractivity contribution in [3.05, 3.63) is 0 Å². The van der Waals surface area contributed by atoms with Crippen LogP contribution in [0.2, 0.25) is 0 Å². The predicted molar refractivity (Wildman–Crippen MR) is 79.1 cm³/mol. The maximum Gasteiger partial charge on any atom is 0.282 e. The number of nitrogens with zero attached hydrogens (tertiary/aromatic N) is 3. The number of hydrogen-bond donors (Lipinski definition) is 1. The number of halogens is 1. The van der Waals surface area contributed by atoms with Crippen molar-refractivity contribution in [2.75, 3.05) is 52.9 Å². The fourth-order valence-corrected chi connectivity index (χ4v) is 3.79. The van der Waals surface area contributed by atoms with E-state index in [-0.39, 0.29) is 24.9 Å². The van der Waals surface area contributed by atoms with Gasteiger partial charge in [0.2, 0.25) is 5.91 Å². The zero-order chi connectivity index (χ0) is 13.9. The van der Waals surface area contributed by atoms with Crippen molar-refractivity contribution in [2.45, 2.75) is 12.8 Å². The Morgan fingerprint density at radius 1 is 1.15 bits per heavy atom. The summed E-state index contributed by atoms with van der Waals surface area (Å²) in [5.41, 5.74) is 0. The summed E-state index contributed by atoms with van der Waals surface area (Å²) in [5.74, 6) is -0.119. The third-order valence-corrected chi connectivity index (χ3v) is 5.55. The molecule has 0 aromatic carbocycles. The van der Waals surface area contributed by atoms with Gasteiger partial charge in [0, 0.05) is 46.3 Å². The Labute approximate surface area is 126 Å². The zero-order valence-corrected chi connectivity index (χ0v) is 13.4. The second-order valence-electron chi connectivity index (χ2n) is 5.00. The lowest BCUT2D eigenvalue weighted by molar-refractivity contribution is -0.131. The molecule has 2 saturated heterocycles. The van der Waals surface area contributed by atoms with Gasteiger partial charge in [0.1, 0.15) is 0 Å². The summed E-state index contributed by atoms with van der Waals surface area (Å²) in [6, 6.07) is 0. The Hall–Kier alpha value is -0.410. The molecule has 2 aliphatic heterocycles. The van der Waals surface area contributed by atoms with Crippen LogP contribution in [-0.2, 0) is 15.0 Å². The molecule has 20 heavy (non-hydrogen) atoms. The first-order valence-corrected chi connectivity index (χ1v) is 8.11. The van der Waals surface area contributed by atoms with Gasteiger partial charge in [-0.2, -0.15) is 17.0 Å². The van der Waals surface area contributed by atoms with Crippen molar-refractivity contribution in [1.82, 2.24) is 18.8 Å². The summed E-state index contributed by atoms with van der Waals surface area (Å²) in [6.07, 6.45) is 1.80. The second kappa shape index (κ2) is 7.56. The molecule has 0 atom stereocenters. The zero-order valence-electron chi connectivity index (χ0n) is 11.7. The van der Waals surface area contributed by atoms with E-state index >= 15 is 0 Å². The lowest BCUT2D eigenvalue weighted by Gasteiger charge is -2.30. The molecule has 118 valence electrons. The molecule has 0 saturated carbocycles. The van der Waals surface area contributed by atoms with Gasteiger partial charge in [-0.15, -0.1) is 12.4 Å². The van der Waals surface area contributed by atoms with E-state index in [0.717, 1.165) is 25.9 Å². The van der Waals surface area contributed by atoms with Crippen molar-refractivity contribution in [3.8, 4) is 0 Å². The predicted octanol–water partition coefficient (Wildman–Crippen LogP) is -0.888. The number of carbonyl (C=O) groups is 1.